The van der Waals surface area contributed by atoms with Gasteiger partial charge in [-0.05, 0) is 60.9 Å². The number of nitrogens with one attached hydrogen (secondary N) is 3. The van der Waals surface area contributed by atoms with Crippen molar-refractivity contribution in [3.63, 3.8) is 0 Å². The van der Waals surface area contributed by atoms with Crippen molar-refractivity contribution in [2.75, 3.05) is 17.2 Å². The molecule has 0 fully saturated rings. The van der Waals surface area contributed by atoms with Gasteiger partial charge in [0.05, 0.1) is 11.8 Å². The van der Waals surface area contributed by atoms with E-state index in [4.69, 9.17) is 17.3 Å². The molecule has 0 radical (unpaired) electrons. The highest BCUT2D eigenvalue weighted by Gasteiger charge is 2.19. The molecule has 0 bridgehead atoms. The normalized spacial score (nSPS) is 11.6. The Hall–Kier alpha value is -3.62. The smallest absolute Gasteiger partial charge is 0.263 e. The summed E-state index contributed by atoms with van der Waals surface area (Å²) in [6, 6.07) is 11.5. The fraction of sp³-hybridized carbons (Fsp3) is 0.174. The maximum Gasteiger partial charge on any atom is 0.263 e. The van der Waals surface area contributed by atoms with Crippen LogP contribution in [0.15, 0.2) is 53.5 Å². The van der Waals surface area contributed by atoms with E-state index in [1.54, 1.807) is 50.2 Å². The molecule has 6 N–H and O–H groups in total. The highest BCUT2D eigenvalue weighted by atomic mass is 35.5. The summed E-state index contributed by atoms with van der Waals surface area (Å²) in [4.78, 5) is 39.4. The number of aromatic amines is 1. The van der Waals surface area contributed by atoms with Gasteiger partial charge in [0.25, 0.3) is 11.5 Å². The maximum absolute atomic E-state index is 13.0. The lowest BCUT2D eigenvalue weighted by molar-refractivity contribution is 0.0998. The van der Waals surface area contributed by atoms with Crippen LogP contribution in [-0.4, -0.2) is 28.4 Å². The second-order valence-corrected chi connectivity index (χ2v) is 7.79. The van der Waals surface area contributed by atoms with Gasteiger partial charge in [-0.15, -0.1) is 0 Å². The predicted molar refractivity (Wildman–Crippen MR) is 124 cm³/mol. The van der Waals surface area contributed by atoms with Gasteiger partial charge in [0.1, 0.15) is 5.56 Å². The lowest BCUT2D eigenvalue weighted by Crippen LogP contribution is -2.26. The van der Waals surface area contributed by atoms with Crippen molar-refractivity contribution in [2.24, 2.45) is 5.73 Å². The standard InChI is InChI=1S/C23H23ClN4O4/c1-12-8-15(21(25)30)9-13(2)20(12)28-23(32)19-17(6-7-26-22(19)31)27-11-18(29)14-4-3-5-16(24)10-14/h3-10,18,29H,11H2,1-2H3,(H2,25,30)(H,28,32)(H2,26,27,31)/t18-/m1/s1. The van der Waals surface area contributed by atoms with Crippen LogP contribution in [0.1, 0.15) is 43.5 Å². The third-order valence-electron chi connectivity index (χ3n) is 4.96. The van der Waals surface area contributed by atoms with E-state index >= 15 is 0 Å². The van der Waals surface area contributed by atoms with E-state index in [0.29, 0.717) is 33.0 Å². The molecule has 1 aromatic heterocycles. The molecule has 1 atom stereocenters. The molecule has 0 aliphatic heterocycles. The van der Waals surface area contributed by atoms with E-state index in [1.165, 1.54) is 12.3 Å². The van der Waals surface area contributed by atoms with Crippen LogP contribution in [0.5, 0.6) is 0 Å². The fourth-order valence-electron chi connectivity index (χ4n) is 3.37. The molecule has 166 valence electrons. The number of aliphatic hydroxyl groups excluding tert-OH is 1. The van der Waals surface area contributed by atoms with Gasteiger partial charge in [-0.3, -0.25) is 14.4 Å². The first-order chi connectivity index (χ1) is 15.2. The minimum absolute atomic E-state index is 0.0510. The zero-order valence-electron chi connectivity index (χ0n) is 17.5. The number of hydrogen-bond donors (Lipinski definition) is 5. The number of amides is 2. The molecule has 0 saturated heterocycles. The number of benzene rings is 2. The Morgan fingerprint density at radius 3 is 2.47 bits per heavy atom. The lowest BCUT2D eigenvalue weighted by Gasteiger charge is -2.17. The number of primary amides is 1. The second-order valence-electron chi connectivity index (χ2n) is 7.35. The number of anilines is 2. The summed E-state index contributed by atoms with van der Waals surface area (Å²) in [5, 5.41) is 16.6. The number of hydrogen-bond acceptors (Lipinski definition) is 5. The molecule has 2 amide bonds. The van der Waals surface area contributed by atoms with E-state index in [9.17, 15) is 19.5 Å². The Labute approximate surface area is 189 Å². The lowest BCUT2D eigenvalue weighted by atomic mass is 10.0. The summed E-state index contributed by atoms with van der Waals surface area (Å²) < 4.78 is 0. The zero-order chi connectivity index (χ0) is 23.4. The predicted octanol–water partition coefficient (Wildman–Crippen LogP) is 3.14. The van der Waals surface area contributed by atoms with Crippen molar-refractivity contribution >= 4 is 34.8 Å². The van der Waals surface area contributed by atoms with Crippen molar-refractivity contribution < 1.29 is 14.7 Å². The number of H-pyrrole nitrogens is 1. The molecular formula is C23H23ClN4O4. The Kier molecular flexibility index (Phi) is 6.97. The van der Waals surface area contributed by atoms with Crippen molar-refractivity contribution in [3.8, 4) is 0 Å². The Morgan fingerprint density at radius 1 is 1.16 bits per heavy atom. The Balaban J connectivity index is 1.84. The highest BCUT2D eigenvalue weighted by molar-refractivity contribution is 6.30. The van der Waals surface area contributed by atoms with E-state index in [2.05, 4.69) is 15.6 Å². The first kappa shape index (κ1) is 23.1. The van der Waals surface area contributed by atoms with Crippen LogP contribution in [0.4, 0.5) is 11.4 Å². The van der Waals surface area contributed by atoms with Crippen LogP contribution in [0.3, 0.4) is 0 Å². The molecule has 0 aliphatic carbocycles. The third-order valence-corrected chi connectivity index (χ3v) is 5.20. The van der Waals surface area contributed by atoms with Crippen LogP contribution in [-0.2, 0) is 0 Å². The quantitative estimate of drug-likeness (QED) is 0.373. The van der Waals surface area contributed by atoms with Crippen molar-refractivity contribution in [3.05, 3.63) is 91.9 Å². The number of aryl methyl sites for hydroxylation is 2. The van der Waals surface area contributed by atoms with E-state index in [-0.39, 0.29) is 17.8 Å². The van der Waals surface area contributed by atoms with E-state index in [0.717, 1.165) is 0 Å². The van der Waals surface area contributed by atoms with Crippen LogP contribution < -0.4 is 21.9 Å². The fourth-order valence-corrected chi connectivity index (χ4v) is 3.57. The van der Waals surface area contributed by atoms with Crippen LogP contribution in [0, 0.1) is 13.8 Å². The van der Waals surface area contributed by atoms with Crippen LogP contribution in [0.25, 0.3) is 0 Å². The monoisotopic (exact) mass is 454 g/mol. The van der Waals surface area contributed by atoms with E-state index < -0.39 is 23.5 Å². The molecule has 1 heterocycles. The average molecular weight is 455 g/mol. The minimum atomic E-state index is -0.908. The van der Waals surface area contributed by atoms with Gasteiger partial charge >= 0.3 is 0 Å². The molecule has 3 rings (SSSR count). The largest absolute Gasteiger partial charge is 0.387 e. The summed E-state index contributed by atoms with van der Waals surface area (Å²) in [7, 11) is 0. The number of carbonyl (C=O) groups excluding carboxylic acids is 2. The molecule has 3 aromatic rings. The number of pyridine rings is 1. The maximum atomic E-state index is 13.0. The number of aromatic nitrogens is 1. The number of carbonyl (C=O) groups is 2. The molecule has 0 spiro atoms. The molecule has 0 saturated carbocycles. The van der Waals surface area contributed by atoms with Gasteiger partial charge < -0.3 is 26.5 Å². The van der Waals surface area contributed by atoms with Gasteiger partial charge in [-0.1, -0.05) is 23.7 Å². The first-order valence-electron chi connectivity index (χ1n) is 9.79. The van der Waals surface area contributed by atoms with Gasteiger partial charge in [0.2, 0.25) is 5.91 Å². The van der Waals surface area contributed by atoms with Gasteiger partial charge in [0.15, 0.2) is 0 Å². The van der Waals surface area contributed by atoms with Gasteiger partial charge in [0, 0.05) is 29.0 Å². The number of rotatable bonds is 7. The number of nitrogens with two attached hydrogens (primary N) is 1. The highest BCUT2D eigenvalue weighted by Crippen LogP contribution is 2.24. The van der Waals surface area contributed by atoms with Crippen molar-refractivity contribution in [1.29, 1.82) is 0 Å². The summed E-state index contributed by atoms with van der Waals surface area (Å²) in [6.45, 7) is 3.50. The SMILES string of the molecule is Cc1cc(C(N)=O)cc(C)c1NC(=O)c1c(NC[C@@H](O)c2cccc(Cl)c2)cc[nH]c1=O. The molecule has 8 nitrogen and oxygen atoms in total. The minimum Gasteiger partial charge on any atom is -0.387 e. The number of halogens is 1. The molecule has 0 unspecified atom stereocenters. The van der Waals surface area contributed by atoms with Crippen molar-refractivity contribution in [2.45, 2.75) is 20.0 Å². The van der Waals surface area contributed by atoms with E-state index in [1.807, 2.05) is 0 Å². The Bertz CT molecular complexity index is 1220. The first-order valence-corrected chi connectivity index (χ1v) is 10.2. The molecule has 9 heteroatoms. The third kappa shape index (κ3) is 5.16. The van der Waals surface area contributed by atoms with Crippen LogP contribution in [0.2, 0.25) is 5.02 Å². The summed E-state index contributed by atoms with van der Waals surface area (Å²) in [5.41, 5.74) is 7.54. The van der Waals surface area contributed by atoms with Crippen LogP contribution >= 0.6 is 11.6 Å². The molecule has 2 aromatic carbocycles. The Morgan fingerprint density at radius 2 is 1.84 bits per heavy atom. The van der Waals surface area contributed by atoms with Gasteiger partial charge in [-0.25, -0.2) is 0 Å². The summed E-state index contributed by atoms with van der Waals surface area (Å²) in [6.07, 6.45) is 0.500. The topological polar surface area (TPSA) is 137 Å². The molecular weight excluding hydrogens is 432 g/mol. The summed E-state index contributed by atoms with van der Waals surface area (Å²) >= 11 is 5.97. The van der Waals surface area contributed by atoms with Crippen molar-refractivity contribution in [1.82, 2.24) is 4.98 Å². The van der Waals surface area contributed by atoms with Gasteiger partial charge in [-0.2, -0.15) is 0 Å². The number of aliphatic hydroxyl groups is 1. The zero-order valence-corrected chi connectivity index (χ0v) is 18.3. The average Bonchev–Trinajstić information content (AvgIpc) is 2.74. The second kappa shape index (κ2) is 9.67. The molecule has 32 heavy (non-hydrogen) atoms. The summed E-state index contributed by atoms with van der Waals surface area (Å²) in [5.74, 6) is -1.21. The molecule has 0 aliphatic rings.